The van der Waals surface area contributed by atoms with Gasteiger partial charge in [-0.15, -0.1) is 0 Å². The number of rotatable bonds is 3. The van der Waals surface area contributed by atoms with Crippen LogP contribution in [-0.4, -0.2) is 49.1 Å². The van der Waals surface area contributed by atoms with Crippen molar-refractivity contribution in [2.24, 2.45) is 0 Å². The molecule has 0 N–H and O–H groups in total. The zero-order valence-corrected chi connectivity index (χ0v) is 8.39. The second kappa shape index (κ2) is 4.72. The molecule has 3 nitrogen and oxygen atoms in total. The number of esters is 1. The Hall–Kier alpha value is -0.220. The van der Waals surface area contributed by atoms with Crippen molar-refractivity contribution < 1.29 is 9.53 Å². The SMILES string of the molecule is COC(=O)CN(C)C1CCSC1. The molecule has 1 aliphatic heterocycles. The Morgan fingerprint density at radius 2 is 2.50 bits per heavy atom. The van der Waals surface area contributed by atoms with Gasteiger partial charge in [-0.25, -0.2) is 0 Å². The first-order chi connectivity index (χ1) is 5.74. The minimum absolute atomic E-state index is 0.144. The Kier molecular flexibility index (Phi) is 3.88. The van der Waals surface area contributed by atoms with E-state index in [1.54, 1.807) is 0 Å². The summed E-state index contributed by atoms with van der Waals surface area (Å²) in [5, 5.41) is 0. The average molecular weight is 189 g/mol. The number of thioether (sulfide) groups is 1. The van der Waals surface area contributed by atoms with Crippen LogP contribution in [0.4, 0.5) is 0 Å². The van der Waals surface area contributed by atoms with Crippen LogP contribution >= 0.6 is 11.8 Å². The Morgan fingerprint density at radius 1 is 1.75 bits per heavy atom. The molecule has 1 heterocycles. The van der Waals surface area contributed by atoms with Crippen molar-refractivity contribution in [2.75, 3.05) is 32.2 Å². The molecular formula is C8H15NO2S. The van der Waals surface area contributed by atoms with E-state index in [0.717, 1.165) is 5.75 Å². The van der Waals surface area contributed by atoms with Gasteiger partial charge in [0.15, 0.2) is 0 Å². The number of hydrogen-bond acceptors (Lipinski definition) is 4. The molecule has 0 radical (unpaired) electrons. The van der Waals surface area contributed by atoms with Crippen LogP contribution in [0.25, 0.3) is 0 Å². The quantitative estimate of drug-likeness (QED) is 0.608. The first-order valence-corrected chi connectivity index (χ1v) is 5.24. The van der Waals surface area contributed by atoms with Crippen molar-refractivity contribution in [3.63, 3.8) is 0 Å². The van der Waals surface area contributed by atoms with Gasteiger partial charge in [0.05, 0.1) is 13.7 Å². The molecule has 0 aromatic rings. The summed E-state index contributed by atoms with van der Waals surface area (Å²) in [6.45, 7) is 0.418. The highest BCUT2D eigenvalue weighted by molar-refractivity contribution is 7.99. The van der Waals surface area contributed by atoms with Crippen molar-refractivity contribution >= 4 is 17.7 Å². The maximum absolute atomic E-state index is 10.9. The summed E-state index contributed by atoms with van der Waals surface area (Å²) in [4.78, 5) is 13.0. The van der Waals surface area contributed by atoms with Gasteiger partial charge in [0, 0.05) is 11.8 Å². The molecule has 4 heteroatoms. The molecule has 0 aliphatic carbocycles. The number of carbonyl (C=O) groups excluding carboxylic acids is 1. The van der Waals surface area contributed by atoms with Gasteiger partial charge in [-0.05, 0) is 19.2 Å². The maximum atomic E-state index is 10.9. The normalized spacial score (nSPS) is 23.1. The van der Waals surface area contributed by atoms with Crippen LogP contribution in [-0.2, 0) is 9.53 Å². The highest BCUT2D eigenvalue weighted by atomic mass is 32.2. The smallest absolute Gasteiger partial charge is 0.319 e. The molecule has 0 amide bonds. The Labute approximate surface area is 77.4 Å². The van der Waals surface area contributed by atoms with Crippen LogP contribution in [0.2, 0.25) is 0 Å². The highest BCUT2D eigenvalue weighted by Crippen LogP contribution is 2.20. The van der Waals surface area contributed by atoms with Gasteiger partial charge in [0.1, 0.15) is 0 Å². The molecule has 12 heavy (non-hydrogen) atoms. The van der Waals surface area contributed by atoms with Crippen LogP contribution in [0.1, 0.15) is 6.42 Å². The average Bonchev–Trinajstić information content (AvgIpc) is 2.56. The molecule has 1 aliphatic rings. The summed E-state index contributed by atoms with van der Waals surface area (Å²) < 4.78 is 4.59. The molecule has 1 unspecified atom stereocenters. The third kappa shape index (κ3) is 2.68. The van der Waals surface area contributed by atoms with Crippen molar-refractivity contribution in [3.05, 3.63) is 0 Å². The van der Waals surface area contributed by atoms with E-state index in [0.29, 0.717) is 12.6 Å². The Balaban J connectivity index is 2.26. The highest BCUT2D eigenvalue weighted by Gasteiger charge is 2.21. The third-order valence-corrected chi connectivity index (χ3v) is 3.28. The lowest BCUT2D eigenvalue weighted by Gasteiger charge is -2.21. The molecule has 0 aromatic heterocycles. The molecule has 1 saturated heterocycles. The van der Waals surface area contributed by atoms with Gasteiger partial charge in [0.2, 0.25) is 0 Å². The summed E-state index contributed by atoms with van der Waals surface area (Å²) in [5.74, 6) is 2.22. The predicted molar refractivity (Wildman–Crippen MR) is 50.4 cm³/mol. The third-order valence-electron chi connectivity index (χ3n) is 2.14. The summed E-state index contributed by atoms with van der Waals surface area (Å²) in [6, 6.07) is 0.564. The van der Waals surface area contributed by atoms with E-state index in [2.05, 4.69) is 9.64 Å². The predicted octanol–water partition coefficient (Wildman–Crippen LogP) is 0.597. The minimum Gasteiger partial charge on any atom is -0.468 e. The van der Waals surface area contributed by atoms with Crippen LogP contribution in [0.15, 0.2) is 0 Å². The summed E-state index contributed by atoms with van der Waals surface area (Å²) in [5.41, 5.74) is 0. The number of carbonyl (C=O) groups is 1. The van der Waals surface area contributed by atoms with Crippen LogP contribution in [0.5, 0.6) is 0 Å². The molecular weight excluding hydrogens is 174 g/mol. The molecule has 1 rings (SSSR count). The fourth-order valence-corrected chi connectivity index (χ4v) is 2.57. The van der Waals surface area contributed by atoms with E-state index in [4.69, 9.17) is 0 Å². The van der Waals surface area contributed by atoms with Gasteiger partial charge in [-0.2, -0.15) is 11.8 Å². The van der Waals surface area contributed by atoms with Crippen LogP contribution in [0.3, 0.4) is 0 Å². The molecule has 0 spiro atoms. The van der Waals surface area contributed by atoms with Gasteiger partial charge in [0.25, 0.3) is 0 Å². The first kappa shape index (κ1) is 9.86. The van der Waals surface area contributed by atoms with Gasteiger partial charge in [-0.3, -0.25) is 9.69 Å². The zero-order valence-electron chi connectivity index (χ0n) is 7.58. The first-order valence-electron chi connectivity index (χ1n) is 4.09. The van der Waals surface area contributed by atoms with Crippen molar-refractivity contribution in [2.45, 2.75) is 12.5 Å². The van der Waals surface area contributed by atoms with E-state index in [-0.39, 0.29) is 5.97 Å². The molecule has 1 atom stereocenters. The summed E-state index contributed by atoms with van der Waals surface area (Å²) >= 11 is 1.95. The Morgan fingerprint density at radius 3 is 3.00 bits per heavy atom. The second-order valence-electron chi connectivity index (χ2n) is 3.01. The number of likely N-dealkylation sites (N-methyl/N-ethyl adjacent to an activating group) is 1. The van der Waals surface area contributed by atoms with Crippen molar-refractivity contribution in [1.29, 1.82) is 0 Å². The van der Waals surface area contributed by atoms with Gasteiger partial charge in [-0.1, -0.05) is 0 Å². The lowest BCUT2D eigenvalue weighted by atomic mass is 10.2. The van der Waals surface area contributed by atoms with Crippen molar-refractivity contribution in [3.8, 4) is 0 Å². The van der Waals surface area contributed by atoms with E-state index >= 15 is 0 Å². The fraction of sp³-hybridized carbons (Fsp3) is 0.875. The lowest BCUT2D eigenvalue weighted by Crippen LogP contribution is -2.36. The number of ether oxygens (including phenoxy) is 1. The summed E-state index contributed by atoms with van der Waals surface area (Å²) in [7, 11) is 3.41. The number of nitrogens with zero attached hydrogens (tertiary/aromatic N) is 1. The molecule has 1 fully saturated rings. The van der Waals surface area contributed by atoms with Gasteiger partial charge < -0.3 is 4.74 Å². The van der Waals surface area contributed by atoms with E-state index in [1.807, 2.05) is 18.8 Å². The van der Waals surface area contributed by atoms with Crippen LogP contribution in [0, 0.1) is 0 Å². The largest absolute Gasteiger partial charge is 0.468 e. The molecule has 70 valence electrons. The fourth-order valence-electron chi connectivity index (χ4n) is 1.27. The number of methoxy groups -OCH3 is 1. The van der Waals surface area contributed by atoms with Gasteiger partial charge >= 0.3 is 5.97 Å². The van der Waals surface area contributed by atoms with Crippen LogP contribution < -0.4 is 0 Å². The lowest BCUT2D eigenvalue weighted by molar-refractivity contribution is -0.142. The second-order valence-corrected chi connectivity index (χ2v) is 4.16. The topological polar surface area (TPSA) is 29.5 Å². The minimum atomic E-state index is -0.144. The molecule has 0 saturated carbocycles. The van der Waals surface area contributed by atoms with E-state index in [9.17, 15) is 4.79 Å². The molecule has 0 bridgehead atoms. The Bertz CT molecular complexity index is 157. The van der Waals surface area contributed by atoms with E-state index < -0.39 is 0 Å². The van der Waals surface area contributed by atoms with Crippen molar-refractivity contribution in [1.82, 2.24) is 4.90 Å². The monoisotopic (exact) mass is 189 g/mol. The summed E-state index contributed by atoms with van der Waals surface area (Å²) in [6.07, 6.45) is 1.19. The molecule has 0 aromatic carbocycles. The zero-order chi connectivity index (χ0) is 8.97. The maximum Gasteiger partial charge on any atom is 0.319 e. The standard InChI is InChI=1S/C8H15NO2S/c1-9(5-8(10)11-2)7-3-4-12-6-7/h7H,3-6H2,1-2H3. The number of hydrogen-bond donors (Lipinski definition) is 0. The van der Waals surface area contributed by atoms with E-state index in [1.165, 1.54) is 19.3 Å².